The van der Waals surface area contributed by atoms with Crippen LogP contribution in [0.4, 0.5) is 13.2 Å². The summed E-state index contributed by atoms with van der Waals surface area (Å²) in [5, 5.41) is 11.0. The van der Waals surface area contributed by atoms with Crippen LogP contribution in [-0.4, -0.2) is 11.3 Å². The predicted octanol–water partition coefficient (Wildman–Crippen LogP) is 4.31. The van der Waals surface area contributed by atoms with Gasteiger partial charge in [-0.1, -0.05) is 30.3 Å². The second-order valence-electron chi connectivity index (χ2n) is 4.48. The van der Waals surface area contributed by atoms with Crippen LogP contribution in [0.25, 0.3) is 10.8 Å². The van der Waals surface area contributed by atoms with Crippen molar-refractivity contribution < 1.29 is 18.3 Å². The number of nitrogens with two attached hydrogens (primary N) is 1. The highest BCUT2D eigenvalue weighted by Crippen LogP contribution is 2.33. The molecule has 2 nitrogen and oxygen atoms in total. The molecule has 0 radical (unpaired) electrons. The summed E-state index contributed by atoms with van der Waals surface area (Å²) in [5.41, 5.74) is 6.46. The van der Waals surface area contributed by atoms with Crippen LogP contribution in [0.1, 0.15) is 24.4 Å². The molecule has 0 bridgehead atoms. The molecule has 0 aliphatic rings. The van der Waals surface area contributed by atoms with Gasteiger partial charge in [0.25, 0.3) is 0 Å². The van der Waals surface area contributed by atoms with Crippen molar-refractivity contribution in [2.45, 2.75) is 25.1 Å². The standard InChI is InChI=1S/C14H14F3NO.ClH/c15-14(16,17)8-7-12(18)10-5-6-13(19)11-4-2-1-3-9(10)11;/h1-6,12,19H,7-8,18H2;1H/t12-;/m0./s1. The van der Waals surface area contributed by atoms with Crippen LogP contribution < -0.4 is 5.73 Å². The van der Waals surface area contributed by atoms with Gasteiger partial charge in [-0.15, -0.1) is 12.4 Å². The Hall–Kier alpha value is -1.46. The molecule has 0 unspecified atom stereocenters. The quantitative estimate of drug-likeness (QED) is 0.887. The van der Waals surface area contributed by atoms with Crippen molar-refractivity contribution in [3.05, 3.63) is 42.0 Å². The number of phenols is 1. The maximum atomic E-state index is 12.2. The summed E-state index contributed by atoms with van der Waals surface area (Å²) in [4.78, 5) is 0. The SMILES string of the molecule is Cl.N[C@@H](CCC(F)(F)F)c1ccc(O)c2ccccc12. The van der Waals surface area contributed by atoms with E-state index in [4.69, 9.17) is 5.73 Å². The second-order valence-corrected chi connectivity index (χ2v) is 4.48. The summed E-state index contributed by atoms with van der Waals surface area (Å²) in [6, 6.07) is 9.33. The van der Waals surface area contributed by atoms with Crippen molar-refractivity contribution >= 4 is 23.2 Å². The Labute approximate surface area is 120 Å². The molecule has 0 amide bonds. The lowest BCUT2D eigenvalue weighted by Gasteiger charge is -2.16. The van der Waals surface area contributed by atoms with E-state index >= 15 is 0 Å². The predicted molar refractivity (Wildman–Crippen MR) is 75.1 cm³/mol. The van der Waals surface area contributed by atoms with E-state index < -0.39 is 18.6 Å². The van der Waals surface area contributed by atoms with Crippen LogP contribution >= 0.6 is 12.4 Å². The Morgan fingerprint density at radius 1 is 1.05 bits per heavy atom. The summed E-state index contributed by atoms with van der Waals surface area (Å²) in [6.07, 6.45) is -5.29. The topological polar surface area (TPSA) is 46.2 Å². The zero-order valence-electron chi connectivity index (χ0n) is 10.5. The van der Waals surface area contributed by atoms with Crippen molar-refractivity contribution in [2.24, 2.45) is 5.73 Å². The average molecular weight is 306 g/mol. The van der Waals surface area contributed by atoms with Gasteiger partial charge in [0.05, 0.1) is 0 Å². The van der Waals surface area contributed by atoms with Gasteiger partial charge in [0.1, 0.15) is 5.75 Å². The second kappa shape index (κ2) is 6.33. The van der Waals surface area contributed by atoms with Crippen LogP contribution in [0.3, 0.4) is 0 Å². The first-order valence-corrected chi connectivity index (χ1v) is 5.91. The normalized spacial score (nSPS) is 13.0. The fourth-order valence-corrected chi connectivity index (χ4v) is 2.10. The molecule has 0 saturated carbocycles. The van der Waals surface area contributed by atoms with Crippen molar-refractivity contribution in [1.29, 1.82) is 0 Å². The average Bonchev–Trinajstić information content (AvgIpc) is 2.36. The highest BCUT2D eigenvalue weighted by molar-refractivity contribution is 5.91. The summed E-state index contributed by atoms with van der Waals surface area (Å²) in [7, 11) is 0. The van der Waals surface area contributed by atoms with Crippen molar-refractivity contribution in [3.63, 3.8) is 0 Å². The third kappa shape index (κ3) is 3.77. The van der Waals surface area contributed by atoms with E-state index in [-0.39, 0.29) is 24.6 Å². The minimum atomic E-state index is -4.20. The highest BCUT2D eigenvalue weighted by Gasteiger charge is 2.28. The number of hydrogen-bond acceptors (Lipinski definition) is 2. The maximum Gasteiger partial charge on any atom is 0.389 e. The lowest BCUT2D eigenvalue weighted by Crippen LogP contribution is -2.16. The van der Waals surface area contributed by atoms with Crippen molar-refractivity contribution in [2.75, 3.05) is 0 Å². The van der Waals surface area contributed by atoms with Crippen LogP contribution in [0.5, 0.6) is 5.75 Å². The first-order valence-electron chi connectivity index (χ1n) is 5.91. The fraction of sp³-hybridized carbons (Fsp3) is 0.286. The van der Waals surface area contributed by atoms with Gasteiger partial charge in [-0.2, -0.15) is 13.2 Å². The molecule has 0 spiro atoms. The summed E-state index contributed by atoms with van der Waals surface area (Å²) in [5.74, 6) is 0.0994. The summed E-state index contributed by atoms with van der Waals surface area (Å²) >= 11 is 0. The van der Waals surface area contributed by atoms with Crippen molar-refractivity contribution in [1.82, 2.24) is 0 Å². The number of halogens is 4. The first-order chi connectivity index (χ1) is 8.88. The zero-order chi connectivity index (χ0) is 14.0. The van der Waals surface area contributed by atoms with Gasteiger partial charge >= 0.3 is 6.18 Å². The molecule has 0 aromatic heterocycles. The molecule has 1 atom stereocenters. The molecule has 20 heavy (non-hydrogen) atoms. The molecule has 2 rings (SSSR count). The van der Waals surface area contributed by atoms with Crippen LogP contribution in [0, 0.1) is 0 Å². The van der Waals surface area contributed by atoms with Crippen LogP contribution in [0.2, 0.25) is 0 Å². The molecule has 0 fully saturated rings. The van der Waals surface area contributed by atoms with Gasteiger partial charge in [-0.25, -0.2) is 0 Å². The summed E-state index contributed by atoms with van der Waals surface area (Å²) < 4.78 is 36.6. The number of alkyl halides is 3. The Balaban J connectivity index is 0.00000200. The largest absolute Gasteiger partial charge is 0.507 e. The van der Waals surface area contributed by atoms with Gasteiger partial charge in [-0.3, -0.25) is 0 Å². The number of phenolic OH excluding ortho intramolecular Hbond substituents is 1. The first kappa shape index (κ1) is 16.6. The Morgan fingerprint density at radius 2 is 1.65 bits per heavy atom. The molecule has 110 valence electrons. The van der Waals surface area contributed by atoms with E-state index in [1.54, 1.807) is 30.3 Å². The van der Waals surface area contributed by atoms with E-state index in [9.17, 15) is 18.3 Å². The molecule has 0 saturated heterocycles. The van der Waals surface area contributed by atoms with E-state index in [2.05, 4.69) is 0 Å². The number of hydrogen-bond donors (Lipinski definition) is 2. The Bertz CT molecular complexity index is 586. The molecule has 0 aliphatic carbocycles. The van der Waals surface area contributed by atoms with Gasteiger partial charge in [0.15, 0.2) is 0 Å². The molecule has 0 aliphatic heterocycles. The van der Waals surface area contributed by atoms with E-state index in [0.29, 0.717) is 16.3 Å². The third-order valence-electron chi connectivity index (χ3n) is 3.07. The number of fused-ring (bicyclic) bond motifs is 1. The van der Waals surface area contributed by atoms with Crippen LogP contribution in [-0.2, 0) is 0 Å². The van der Waals surface area contributed by atoms with E-state index in [1.807, 2.05) is 0 Å². The Morgan fingerprint density at radius 3 is 2.25 bits per heavy atom. The van der Waals surface area contributed by atoms with Gasteiger partial charge in [0, 0.05) is 17.8 Å². The van der Waals surface area contributed by atoms with E-state index in [1.165, 1.54) is 6.07 Å². The number of aromatic hydroxyl groups is 1. The lowest BCUT2D eigenvalue weighted by atomic mass is 9.96. The van der Waals surface area contributed by atoms with Gasteiger partial charge < -0.3 is 10.8 Å². The monoisotopic (exact) mass is 305 g/mol. The molecule has 2 aromatic carbocycles. The minimum Gasteiger partial charge on any atom is -0.507 e. The fourth-order valence-electron chi connectivity index (χ4n) is 2.10. The third-order valence-corrected chi connectivity index (χ3v) is 3.07. The van der Waals surface area contributed by atoms with Crippen molar-refractivity contribution in [3.8, 4) is 5.75 Å². The van der Waals surface area contributed by atoms with E-state index in [0.717, 1.165) is 0 Å². The molecule has 0 heterocycles. The van der Waals surface area contributed by atoms with Crippen LogP contribution in [0.15, 0.2) is 36.4 Å². The number of benzene rings is 2. The zero-order valence-corrected chi connectivity index (χ0v) is 11.3. The minimum absolute atomic E-state index is 0. The summed E-state index contributed by atoms with van der Waals surface area (Å²) in [6.45, 7) is 0. The van der Waals surface area contributed by atoms with Gasteiger partial charge in [0.2, 0.25) is 0 Å². The molecular weight excluding hydrogens is 291 g/mol. The molecule has 6 heteroatoms. The number of rotatable bonds is 3. The smallest absolute Gasteiger partial charge is 0.389 e. The highest BCUT2D eigenvalue weighted by atomic mass is 35.5. The van der Waals surface area contributed by atoms with Gasteiger partial charge in [-0.05, 0) is 23.4 Å². The maximum absolute atomic E-state index is 12.2. The molecule has 2 aromatic rings. The lowest BCUT2D eigenvalue weighted by molar-refractivity contribution is -0.136. The molecular formula is C14H15ClF3NO. The molecule has 3 N–H and O–H groups in total. The Kier molecular flexibility index (Phi) is 5.25.